The molecule has 0 fully saturated rings. The van der Waals surface area contributed by atoms with Crippen molar-refractivity contribution in [3.63, 3.8) is 0 Å². The summed E-state index contributed by atoms with van der Waals surface area (Å²) < 4.78 is 4.90. The summed E-state index contributed by atoms with van der Waals surface area (Å²) in [6.45, 7) is 2.02. The maximum absolute atomic E-state index is 12.0. The summed E-state index contributed by atoms with van der Waals surface area (Å²) in [4.78, 5) is 14.0. The second kappa shape index (κ2) is 5.36. The van der Waals surface area contributed by atoms with Crippen LogP contribution in [-0.2, 0) is 0 Å². The molecule has 5 heteroatoms. The zero-order chi connectivity index (χ0) is 14.0. The molecule has 0 unspecified atom stereocenters. The molecule has 0 aliphatic carbocycles. The predicted molar refractivity (Wildman–Crippen MR) is 77.2 cm³/mol. The van der Waals surface area contributed by atoms with Crippen LogP contribution in [0, 0.1) is 6.92 Å². The van der Waals surface area contributed by atoms with Crippen molar-refractivity contribution in [2.24, 2.45) is 0 Å². The summed E-state index contributed by atoms with van der Waals surface area (Å²) in [6.07, 6.45) is 1.39. The molecule has 0 spiro atoms. The van der Waals surface area contributed by atoms with Gasteiger partial charge in [0, 0.05) is 25.5 Å². The molecule has 2 aromatic rings. The van der Waals surface area contributed by atoms with Gasteiger partial charge in [0.05, 0.1) is 11.8 Å². The number of halogens is 1. The molecule has 100 valence electrons. The van der Waals surface area contributed by atoms with Gasteiger partial charge in [-0.3, -0.25) is 4.79 Å². The quantitative estimate of drug-likeness (QED) is 0.934. The normalized spacial score (nSPS) is 10.3. The van der Waals surface area contributed by atoms with Gasteiger partial charge in [0.15, 0.2) is 0 Å². The fourth-order valence-corrected chi connectivity index (χ4v) is 2.02. The number of hydrogen-bond acceptors (Lipinski definition) is 3. The molecule has 0 bridgehead atoms. The Morgan fingerprint density at radius 2 is 2.05 bits per heavy atom. The van der Waals surface area contributed by atoms with Crippen LogP contribution < -0.4 is 10.2 Å². The molecule has 0 saturated heterocycles. The minimum absolute atomic E-state index is 0.0949. The van der Waals surface area contributed by atoms with Crippen molar-refractivity contribution in [3.05, 3.63) is 46.9 Å². The molecule has 1 amide bonds. The summed E-state index contributed by atoms with van der Waals surface area (Å²) in [5.41, 5.74) is 3.24. The molecule has 1 heterocycles. The predicted octanol–water partition coefficient (Wildman–Crippen LogP) is 3.56. The highest BCUT2D eigenvalue weighted by atomic mass is 35.5. The number of anilines is 2. The number of carbonyl (C=O) groups is 1. The van der Waals surface area contributed by atoms with Gasteiger partial charge in [0.25, 0.3) is 5.91 Å². The summed E-state index contributed by atoms with van der Waals surface area (Å²) in [6, 6.07) is 7.27. The van der Waals surface area contributed by atoms with Gasteiger partial charge in [-0.2, -0.15) is 0 Å². The van der Waals surface area contributed by atoms with Gasteiger partial charge in [-0.25, -0.2) is 0 Å². The number of nitrogens with one attached hydrogen (secondary N) is 1. The van der Waals surface area contributed by atoms with Crippen molar-refractivity contribution in [3.8, 4) is 0 Å². The number of nitrogens with zero attached hydrogens (tertiary/aromatic N) is 1. The molecule has 1 N–H and O–H groups in total. The molecule has 4 nitrogen and oxygen atoms in total. The SMILES string of the molecule is Cc1ccc(NC(=O)c2ccoc2Cl)cc1N(C)C. The van der Waals surface area contributed by atoms with Gasteiger partial charge in [-0.1, -0.05) is 6.07 Å². The summed E-state index contributed by atoms with van der Waals surface area (Å²) in [7, 11) is 3.92. The second-order valence-corrected chi connectivity index (χ2v) is 4.80. The van der Waals surface area contributed by atoms with Crippen molar-refractivity contribution >= 4 is 28.9 Å². The molecule has 0 aliphatic heterocycles. The first-order chi connectivity index (χ1) is 8.99. The van der Waals surface area contributed by atoms with E-state index in [0.717, 1.165) is 16.9 Å². The van der Waals surface area contributed by atoms with Crippen LogP contribution in [0.3, 0.4) is 0 Å². The lowest BCUT2D eigenvalue weighted by Gasteiger charge is -2.17. The molecule has 0 atom stereocenters. The number of amides is 1. The largest absolute Gasteiger partial charge is 0.452 e. The molecule has 19 heavy (non-hydrogen) atoms. The Morgan fingerprint density at radius 3 is 2.63 bits per heavy atom. The molecule has 1 aromatic heterocycles. The van der Waals surface area contributed by atoms with E-state index in [1.165, 1.54) is 6.26 Å². The number of carbonyl (C=O) groups excluding carboxylic acids is 1. The lowest BCUT2D eigenvalue weighted by atomic mass is 10.1. The van der Waals surface area contributed by atoms with Crippen molar-refractivity contribution in [1.29, 1.82) is 0 Å². The van der Waals surface area contributed by atoms with Crippen molar-refractivity contribution in [2.75, 3.05) is 24.3 Å². The highest BCUT2D eigenvalue weighted by molar-refractivity contribution is 6.32. The molecular formula is C14H15ClN2O2. The van der Waals surface area contributed by atoms with Crippen molar-refractivity contribution in [1.82, 2.24) is 0 Å². The number of rotatable bonds is 3. The Kier molecular flexibility index (Phi) is 3.81. The molecule has 2 rings (SSSR count). The number of furan rings is 1. The Balaban J connectivity index is 2.22. The second-order valence-electron chi connectivity index (χ2n) is 4.46. The van der Waals surface area contributed by atoms with Gasteiger partial charge in [-0.05, 0) is 42.3 Å². The number of benzene rings is 1. The van der Waals surface area contributed by atoms with E-state index >= 15 is 0 Å². The molecule has 1 aromatic carbocycles. The van der Waals surface area contributed by atoms with E-state index in [1.54, 1.807) is 6.07 Å². The highest BCUT2D eigenvalue weighted by Gasteiger charge is 2.13. The van der Waals surface area contributed by atoms with E-state index in [1.807, 2.05) is 44.1 Å². The van der Waals surface area contributed by atoms with Crippen LogP contribution in [0.15, 0.2) is 34.9 Å². The Hall–Kier alpha value is -1.94. The summed E-state index contributed by atoms with van der Waals surface area (Å²) >= 11 is 5.77. The van der Waals surface area contributed by atoms with Crippen LogP contribution in [0.5, 0.6) is 0 Å². The van der Waals surface area contributed by atoms with Crippen LogP contribution in [0.2, 0.25) is 5.22 Å². The van der Waals surface area contributed by atoms with Crippen LogP contribution in [0.1, 0.15) is 15.9 Å². The zero-order valence-corrected chi connectivity index (χ0v) is 11.8. The van der Waals surface area contributed by atoms with E-state index in [9.17, 15) is 4.79 Å². The van der Waals surface area contributed by atoms with Gasteiger partial charge in [-0.15, -0.1) is 0 Å². The highest BCUT2D eigenvalue weighted by Crippen LogP contribution is 2.24. The maximum atomic E-state index is 12.0. The van der Waals surface area contributed by atoms with E-state index in [-0.39, 0.29) is 11.1 Å². The van der Waals surface area contributed by atoms with E-state index < -0.39 is 0 Å². The first-order valence-corrected chi connectivity index (χ1v) is 6.19. The molecule has 0 saturated carbocycles. The minimum Gasteiger partial charge on any atom is -0.452 e. The lowest BCUT2D eigenvalue weighted by molar-refractivity contribution is 0.102. The standard InChI is InChI=1S/C14H15ClN2O2/c1-9-4-5-10(8-12(9)17(2)3)16-14(18)11-6-7-19-13(11)15/h4-8H,1-3H3,(H,16,18). The average Bonchev–Trinajstić information content (AvgIpc) is 2.77. The zero-order valence-electron chi connectivity index (χ0n) is 11.0. The van der Waals surface area contributed by atoms with Gasteiger partial charge >= 0.3 is 0 Å². The van der Waals surface area contributed by atoms with Gasteiger partial charge in [0.1, 0.15) is 0 Å². The fourth-order valence-electron chi connectivity index (χ4n) is 1.82. The first-order valence-electron chi connectivity index (χ1n) is 5.81. The first kappa shape index (κ1) is 13.5. The third-order valence-corrected chi connectivity index (χ3v) is 3.10. The van der Waals surface area contributed by atoms with E-state index in [0.29, 0.717) is 5.56 Å². The third-order valence-electron chi connectivity index (χ3n) is 2.81. The van der Waals surface area contributed by atoms with Gasteiger partial charge < -0.3 is 14.6 Å². The van der Waals surface area contributed by atoms with Crippen LogP contribution >= 0.6 is 11.6 Å². The Bertz CT molecular complexity index is 605. The number of aryl methyl sites for hydroxylation is 1. The topological polar surface area (TPSA) is 45.5 Å². The Morgan fingerprint density at radius 1 is 1.32 bits per heavy atom. The van der Waals surface area contributed by atoms with E-state index in [2.05, 4.69) is 5.32 Å². The van der Waals surface area contributed by atoms with E-state index in [4.69, 9.17) is 16.0 Å². The van der Waals surface area contributed by atoms with Crippen LogP contribution in [0.4, 0.5) is 11.4 Å². The third kappa shape index (κ3) is 2.90. The summed E-state index contributed by atoms with van der Waals surface area (Å²) in [5.74, 6) is -0.285. The van der Waals surface area contributed by atoms with Crippen molar-refractivity contribution < 1.29 is 9.21 Å². The van der Waals surface area contributed by atoms with Crippen LogP contribution in [0.25, 0.3) is 0 Å². The van der Waals surface area contributed by atoms with Gasteiger partial charge in [0.2, 0.25) is 5.22 Å². The lowest BCUT2D eigenvalue weighted by Crippen LogP contribution is -2.14. The molecule has 0 radical (unpaired) electrons. The monoisotopic (exact) mass is 278 g/mol. The number of hydrogen-bond donors (Lipinski definition) is 1. The molecular weight excluding hydrogens is 264 g/mol. The molecule has 0 aliphatic rings. The minimum atomic E-state index is -0.285. The average molecular weight is 279 g/mol. The fraction of sp³-hybridized carbons (Fsp3) is 0.214. The summed E-state index contributed by atoms with van der Waals surface area (Å²) in [5, 5.41) is 2.89. The van der Waals surface area contributed by atoms with Crippen LogP contribution in [-0.4, -0.2) is 20.0 Å². The maximum Gasteiger partial charge on any atom is 0.260 e. The smallest absolute Gasteiger partial charge is 0.260 e. The Labute approximate surface area is 117 Å². The van der Waals surface area contributed by atoms with Crippen molar-refractivity contribution in [2.45, 2.75) is 6.92 Å².